The first-order valence-corrected chi connectivity index (χ1v) is 6.83. The van der Waals surface area contributed by atoms with Crippen molar-refractivity contribution in [1.82, 2.24) is 4.57 Å². The number of hydrogen-bond acceptors (Lipinski definition) is 2. The summed E-state index contributed by atoms with van der Waals surface area (Å²) in [6, 6.07) is 18.7. The first kappa shape index (κ1) is 12.8. The Labute approximate surface area is 118 Å². The molecule has 1 aromatic heterocycles. The summed E-state index contributed by atoms with van der Waals surface area (Å²) in [5, 5.41) is 1.14. The molecular formula is C17H18N2O. The van der Waals surface area contributed by atoms with E-state index in [4.69, 9.17) is 10.5 Å². The lowest BCUT2D eigenvalue weighted by Gasteiger charge is -2.08. The minimum Gasteiger partial charge on any atom is -0.492 e. The van der Waals surface area contributed by atoms with Crippen LogP contribution in [0.4, 0.5) is 0 Å². The molecular weight excluding hydrogens is 248 g/mol. The smallest absolute Gasteiger partial charge is 0.128 e. The van der Waals surface area contributed by atoms with E-state index in [0.29, 0.717) is 13.2 Å². The van der Waals surface area contributed by atoms with E-state index in [1.54, 1.807) is 0 Å². The molecule has 0 fully saturated rings. The summed E-state index contributed by atoms with van der Waals surface area (Å²) in [7, 11) is 0. The van der Waals surface area contributed by atoms with Gasteiger partial charge in [-0.2, -0.15) is 0 Å². The van der Waals surface area contributed by atoms with Gasteiger partial charge in [-0.15, -0.1) is 0 Å². The van der Waals surface area contributed by atoms with E-state index in [1.165, 1.54) is 11.1 Å². The second-order valence-electron chi connectivity index (χ2n) is 4.76. The van der Waals surface area contributed by atoms with Crippen LogP contribution in [0.2, 0.25) is 0 Å². The van der Waals surface area contributed by atoms with Crippen molar-refractivity contribution in [3.05, 3.63) is 66.4 Å². The lowest BCUT2D eigenvalue weighted by Crippen LogP contribution is -2.10. The number of nitrogens with zero attached hydrogens (tertiary/aromatic N) is 1. The molecule has 0 atom stereocenters. The molecule has 3 aromatic rings. The van der Waals surface area contributed by atoms with Crippen LogP contribution < -0.4 is 10.5 Å². The van der Waals surface area contributed by atoms with Gasteiger partial charge in [0.2, 0.25) is 0 Å². The van der Waals surface area contributed by atoms with Crippen molar-refractivity contribution in [2.24, 2.45) is 5.73 Å². The third-order valence-corrected chi connectivity index (χ3v) is 3.34. The molecule has 1 heterocycles. The molecule has 2 N–H and O–H groups in total. The summed E-state index contributed by atoms with van der Waals surface area (Å²) < 4.78 is 7.93. The van der Waals surface area contributed by atoms with Crippen LogP contribution in [0, 0.1) is 0 Å². The van der Waals surface area contributed by atoms with Crippen molar-refractivity contribution >= 4 is 10.9 Å². The van der Waals surface area contributed by atoms with Gasteiger partial charge in [0.1, 0.15) is 12.4 Å². The maximum absolute atomic E-state index is 5.69. The number of benzene rings is 2. The van der Waals surface area contributed by atoms with Crippen LogP contribution in [0.15, 0.2) is 60.8 Å². The predicted molar refractivity (Wildman–Crippen MR) is 82.0 cm³/mol. The normalized spacial score (nSPS) is 10.8. The second kappa shape index (κ2) is 5.80. The SMILES string of the molecule is NCCOc1cccc2c1ccn2Cc1ccccc1. The number of fused-ring (bicyclic) bond motifs is 1. The Morgan fingerprint density at radius 3 is 2.60 bits per heavy atom. The number of hydrogen-bond donors (Lipinski definition) is 1. The molecule has 3 heteroatoms. The van der Waals surface area contributed by atoms with Crippen molar-refractivity contribution < 1.29 is 4.74 Å². The average molecular weight is 266 g/mol. The lowest BCUT2D eigenvalue weighted by atomic mass is 10.2. The average Bonchev–Trinajstić information content (AvgIpc) is 2.90. The van der Waals surface area contributed by atoms with Crippen LogP contribution in [0.25, 0.3) is 10.9 Å². The molecule has 0 aliphatic carbocycles. The molecule has 0 radical (unpaired) electrons. The van der Waals surface area contributed by atoms with Gasteiger partial charge in [0.15, 0.2) is 0 Å². The molecule has 20 heavy (non-hydrogen) atoms. The zero-order valence-corrected chi connectivity index (χ0v) is 11.3. The number of rotatable bonds is 5. The molecule has 0 saturated carbocycles. The van der Waals surface area contributed by atoms with E-state index in [1.807, 2.05) is 18.2 Å². The zero-order chi connectivity index (χ0) is 13.8. The monoisotopic (exact) mass is 266 g/mol. The summed E-state index contributed by atoms with van der Waals surface area (Å²) in [6.07, 6.45) is 2.10. The number of ether oxygens (including phenoxy) is 1. The highest BCUT2D eigenvalue weighted by atomic mass is 16.5. The Morgan fingerprint density at radius 2 is 1.80 bits per heavy atom. The van der Waals surface area contributed by atoms with Crippen LogP contribution in [0.5, 0.6) is 5.75 Å². The lowest BCUT2D eigenvalue weighted by molar-refractivity contribution is 0.332. The second-order valence-corrected chi connectivity index (χ2v) is 4.76. The van der Waals surface area contributed by atoms with Crippen LogP contribution in [0.3, 0.4) is 0 Å². The fraction of sp³-hybridized carbons (Fsp3) is 0.176. The molecule has 3 nitrogen and oxygen atoms in total. The maximum atomic E-state index is 5.69. The van der Waals surface area contributed by atoms with Gasteiger partial charge in [0.25, 0.3) is 0 Å². The number of aromatic nitrogens is 1. The van der Waals surface area contributed by atoms with E-state index >= 15 is 0 Å². The van der Waals surface area contributed by atoms with Gasteiger partial charge in [0, 0.05) is 24.7 Å². The van der Waals surface area contributed by atoms with Gasteiger partial charge >= 0.3 is 0 Å². The van der Waals surface area contributed by atoms with Gasteiger partial charge in [-0.05, 0) is 23.8 Å². The van der Waals surface area contributed by atoms with E-state index in [2.05, 4.69) is 47.2 Å². The minimum atomic E-state index is 0.529. The molecule has 0 spiro atoms. The highest BCUT2D eigenvalue weighted by Crippen LogP contribution is 2.27. The van der Waals surface area contributed by atoms with E-state index < -0.39 is 0 Å². The summed E-state index contributed by atoms with van der Waals surface area (Å²) in [6.45, 7) is 1.94. The van der Waals surface area contributed by atoms with Gasteiger partial charge in [-0.3, -0.25) is 0 Å². The molecule has 0 bridgehead atoms. The summed E-state index contributed by atoms with van der Waals surface area (Å²) >= 11 is 0. The maximum Gasteiger partial charge on any atom is 0.128 e. The van der Waals surface area contributed by atoms with Gasteiger partial charge in [-0.25, -0.2) is 0 Å². The predicted octanol–water partition coefficient (Wildman–Crippen LogP) is 3.03. The van der Waals surface area contributed by atoms with Crippen LogP contribution in [-0.2, 0) is 6.54 Å². The van der Waals surface area contributed by atoms with Crippen molar-refractivity contribution in [2.45, 2.75) is 6.54 Å². The van der Waals surface area contributed by atoms with Crippen LogP contribution in [-0.4, -0.2) is 17.7 Å². The summed E-state index contributed by atoms with van der Waals surface area (Å²) in [4.78, 5) is 0. The highest BCUT2D eigenvalue weighted by Gasteiger charge is 2.06. The standard InChI is InChI=1S/C17H18N2O/c18-10-12-20-17-8-4-7-16-15(17)9-11-19(16)13-14-5-2-1-3-6-14/h1-9,11H,10,12-13,18H2. The van der Waals surface area contributed by atoms with Crippen molar-refractivity contribution in [3.8, 4) is 5.75 Å². The number of nitrogens with two attached hydrogens (primary N) is 1. The molecule has 0 aliphatic heterocycles. The molecule has 2 aromatic carbocycles. The van der Waals surface area contributed by atoms with Gasteiger partial charge < -0.3 is 15.0 Å². The van der Waals surface area contributed by atoms with Crippen molar-refractivity contribution in [1.29, 1.82) is 0 Å². The Hall–Kier alpha value is -2.26. The Bertz CT molecular complexity index is 689. The molecule has 0 amide bonds. The van der Waals surface area contributed by atoms with Crippen LogP contribution >= 0.6 is 0 Å². The molecule has 0 saturated heterocycles. The Balaban J connectivity index is 1.93. The van der Waals surface area contributed by atoms with E-state index in [0.717, 1.165) is 17.7 Å². The minimum absolute atomic E-state index is 0.529. The Kier molecular flexibility index (Phi) is 3.70. The Morgan fingerprint density at radius 1 is 0.950 bits per heavy atom. The van der Waals surface area contributed by atoms with Crippen LogP contribution in [0.1, 0.15) is 5.56 Å². The third-order valence-electron chi connectivity index (χ3n) is 3.34. The zero-order valence-electron chi connectivity index (χ0n) is 11.3. The molecule has 0 unspecified atom stereocenters. The van der Waals surface area contributed by atoms with E-state index in [9.17, 15) is 0 Å². The van der Waals surface area contributed by atoms with E-state index in [-0.39, 0.29) is 0 Å². The molecule has 0 aliphatic rings. The fourth-order valence-electron chi connectivity index (χ4n) is 2.41. The molecule has 102 valence electrons. The van der Waals surface area contributed by atoms with Crippen molar-refractivity contribution in [2.75, 3.05) is 13.2 Å². The fourth-order valence-corrected chi connectivity index (χ4v) is 2.41. The van der Waals surface area contributed by atoms with Crippen molar-refractivity contribution in [3.63, 3.8) is 0 Å². The van der Waals surface area contributed by atoms with Gasteiger partial charge in [0.05, 0.1) is 5.52 Å². The largest absolute Gasteiger partial charge is 0.492 e. The highest BCUT2D eigenvalue weighted by molar-refractivity contribution is 5.86. The summed E-state index contributed by atoms with van der Waals surface area (Å²) in [5.41, 5.74) is 7.97. The third kappa shape index (κ3) is 2.53. The molecule has 3 rings (SSSR count). The first-order chi connectivity index (χ1) is 9.88. The van der Waals surface area contributed by atoms with Gasteiger partial charge in [-0.1, -0.05) is 36.4 Å². The first-order valence-electron chi connectivity index (χ1n) is 6.83. The topological polar surface area (TPSA) is 40.2 Å². The summed E-state index contributed by atoms with van der Waals surface area (Å²) in [5.74, 6) is 0.903. The quantitative estimate of drug-likeness (QED) is 0.771.